The highest BCUT2D eigenvalue weighted by Crippen LogP contribution is 2.26. The molecule has 0 radical (unpaired) electrons. The van der Waals surface area contributed by atoms with E-state index in [1.807, 2.05) is 0 Å². The van der Waals surface area contributed by atoms with Crippen LogP contribution >= 0.6 is 92.8 Å². The molecule has 0 atom stereocenters. The molecule has 14 heavy (non-hydrogen) atoms. The van der Waals surface area contributed by atoms with E-state index in [1.165, 1.54) is 0 Å². The summed E-state index contributed by atoms with van der Waals surface area (Å²) in [6.07, 6.45) is 0. The molecule has 0 heterocycles. The summed E-state index contributed by atoms with van der Waals surface area (Å²) in [5.41, 5.74) is 0. The summed E-state index contributed by atoms with van der Waals surface area (Å²) in [7, 11) is 0. The average molecular weight is 378 g/mol. The smallest absolute Gasteiger partial charge is 0.189 e. The number of rotatable bonds is 0. The van der Waals surface area contributed by atoms with Crippen molar-refractivity contribution in [1.82, 2.24) is 0 Å². The first-order valence-corrected chi connectivity index (χ1v) is 5.37. The van der Waals surface area contributed by atoms with Gasteiger partial charge < -0.3 is 0 Å². The zero-order valence-corrected chi connectivity index (χ0v) is 11.8. The van der Waals surface area contributed by atoms with Crippen molar-refractivity contribution in [2.75, 3.05) is 0 Å². The molecule has 0 aromatic carbocycles. The predicted molar refractivity (Wildman–Crippen MR) is 59.4 cm³/mol. The molecule has 11 heteroatoms. The van der Waals surface area contributed by atoms with E-state index in [9.17, 15) is 13.2 Å². The van der Waals surface area contributed by atoms with E-state index in [0.29, 0.717) is 0 Å². The molecule has 0 saturated carbocycles. The minimum Gasteiger partial charge on any atom is -0.189 e. The fourth-order valence-corrected chi connectivity index (χ4v) is 0. The van der Waals surface area contributed by atoms with Crippen LogP contribution < -0.4 is 0 Å². The molecule has 0 bridgehead atoms. The Bertz CT molecular complexity index is 89.2. The molecule has 0 nitrogen and oxygen atoms in total. The van der Waals surface area contributed by atoms with Crippen molar-refractivity contribution in [1.29, 1.82) is 0 Å². The molecule has 90 valence electrons. The highest BCUT2D eigenvalue weighted by atomic mass is 35.6. The Labute approximate surface area is 118 Å². The summed E-state index contributed by atoms with van der Waals surface area (Å²) in [5.74, 6) is 0. The van der Waals surface area contributed by atoms with Crippen molar-refractivity contribution in [3.8, 4) is 0 Å². The van der Waals surface area contributed by atoms with Crippen LogP contribution in [-0.4, -0.2) is 13.2 Å². The van der Waals surface area contributed by atoms with Crippen LogP contribution in [0.3, 0.4) is 0 Å². The fraction of sp³-hybridized carbons (Fsp3) is 1.00. The van der Waals surface area contributed by atoms with Gasteiger partial charge in [0.05, 0.1) is 0 Å². The molecule has 0 fully saturated rings. The molecule has 0 unspecified atom stereocenters. The van der Waals surface area contributed by atoms with Gasteiger partial charge in [0.25, 0.3) is 0 Å². The first kappa shape index (κ1) is 21.4. The summed E-state index contributed by atoms with van der Waals surface area (Å²) in [5, 5.41) is 0. The molecule has 0 aliphatic rings. The van der Waals surface area contributed by atoms with Crippen LogP contribution in [0.5, 0.6) is 0 Å². The van der Waals surface area contributed by atoms with Gasteiger partial charge in [-0.15, -0.1) is 0 Å². The Kier molecular flexibility index (Phi) is 15.7. The standard InChI is InChI=1S/CCl3F.CHCl3.CCl2F2/c2-1(3,4)5;2-1(3)4;2-1(3,4)5/h;1H;. The predicted octanol–water partition coefficient (Wildman–Crippen LogP) is 6.28. The van der Waals surface area contributed by atoms with Crippen molar-refractivity contribution < 1.29 is 13.2 Å². The maximum atomic E-state index is 11.0. The van der Waals surface area contributed by atoms with Gasteiger partial charge in [0.2, 0.25) is 0 Å². The lowest BCUT2D eigenvalue weighted by atomic mass is 11.7. The van der Waals surface area contributed by atoms with Gasteiger partial charge in [-0.3, -0.25) is 0 Å². The van der Waals surface area contributed by atoms with E-state index in [1.54, 1.807) is 0 Å². The van der Waals surface area contributed by atoms with E-state index in [2.05, 4.69) is 58.0 Å². The highest BCUT2D eigenvalue weighted by molar-refractivity contribution is 6.66. The third-order valence-corrected chi connectivity index (χ3v) is 0. The number of alkyl halides is 11. The minimum atomic E-state index is -3.56. The molecular weight excluding hydrogens is 377 g/mol. The van der Waals surface area contributed by atoms with Gasteiger partial charge in [0.1, 0.15) is 0 Å². The molecule has 0 aliphatic carbocycles. The summed E-state index contributed by atoms with van der Waals surface area (Å²) in [4.78, 5) is -3.56. The monoisotopic (exact) mass is 374 g/mol. The molecule has 0 spiro atoms. The van der Waals surface area contributed by atoms with E-state index >= 15 is 0 Å². The van der Waals surface area contributed by atoms with Crippen LogP contribution in [0.2, 0.25) is 0 Å². The lowest BCUT2D eigenvalue weighted by Crippen LogP contribution is -1.86. The van der Waals surface area contributed by atoms with E-state index < -0.39 is 13.2 Å². The van der Waals surface area contributed by atoms with Crippen molar-refractivity contribution in [2.45, 2.75) is 13.2 Å². The van der Waals surface area contributed by atoms with Crippen LogP contribution in [0, 0.1) is 0 Å². The van der Waals surface area contributed by atoms with Gasteiger partial charge in [-0.2, -0.15) is 13.2 Å². The molecule has 0 aliphatic heterocycles. The highest BCUT2D eigenvalue weighted by Gasteiger charge is 2.17. The second-order valence-corrected chi connectivity index (χ2v) is 6.37. The summed E-state index contributed by atoms with van der Waals surface area (Å²) >= 11 is 35.5. The minimum absolute atomic E-state index is 0.750. The van der Waals surface area contributed by atoms with Crippen molar-refractivity contribution in [3.63, 3.8) is 0 Å². The SMILES string of the molecule is ClC(Cl)Cl.FC(Cl)(Cl)Cl.FC(F)(Cl)Cl. The summed E-state index contributed by atoms with van der Waals surface area (Å²) in [6, 6.07) is 0. The van der Waals surface area contributed by atoms with Crippen molar-refractivity contribution in [3.05, 3.63) is 0 Å². The van der Waals surface area contributed by atoms with Gasteiger partial charge >= 0.3 is 8.89 Å². The van der Waals surface area contributed by atoms with Crippen LogP contribution in [0.15, 0.2) is 0 Å². The zero-order valence-electron chi connectivity index (χ0n) is 5.73. The van der Waals surface area contributed by atoms with Gasteiger partial charge in [-0.1, -0.05) is 34.8 Å². The molecular formula is C3HCl8F3. The number of hydrogen-bond acceptors (Lipinski definition) is 0. The largest absolute Gasteiger partial charge is 0.401 e. The molecule has 0 rings (SSSR count). The van der Waals surface area contributed by atoms with E-state index in [0.717, 1.165) is 0 Å². The summed E-state index contributed by atoms with van der Waals surface area (Å²) in [6.45, 7) is 0. The molecule has 0 saturated heterocycles. The second-order valence-electron chi connectivity index (χ2n) is 1.10. The second kappa shape index (κ2) is 10.3. The Balaban J connectivity index is -0.000000131. The Morgan fingerprint density at radius 1 is 0.714 bits per heavy atom. The lowest BCUT2D eigenvalue weighted by molar-refractivity contribution is 0.194. The Morgan fingerprint density at radius 3 is 0.714 bits per heavy atom. The fourth-order valence-electron chi connectivity index (χ4n) is 0. The summed E-state index contributed by atoms with van der Waals surface area (Å²) < 4.78 is 28.8. The Morgan fingerprint density at radius 2 is 0.714 bits per heavy atom. The quantitative estimate of drug-likeness (QED) is 0.436. The zero-order chi connectivity index (χ0) is 12.6. The number of halogens is 11. The van der Waals surface area contributed by atoms with Crippen molar-refractivity contribution >= 4 is 92.8 Å². The van der Waals surface area contributed by atoms with Crippen molar-refractivity contribution in [2.24, 2.45) is 0 Å². The van der Waals surface area contributed by atoms with E-state index in [-0.39, 0.29) is 0 Å². The van der Waals surface area contributed by atoms with Crippen LogP contribution in [-0.2, 0) is 0 Å². The van der Waals surface area contributed by atoms with Crippen LogP contribution in [0.25, 0.3) is 0 Å². The topological polar surface area (TPSA) is 0 Å². The van der Waals surface area contributed by atoms with Gasteiger partial charge in [0, 0.05) is 0 Å². The molecule has 0 aromatic heterocycles. The maximum absolute atomic E-state index is 11.0. The normalized spacial score (nSPS) is 11.1. The number of hydrogen-bond donors (Lipinski definition) is 0. The van der Waals surface area contributed by atoms with Crippen LogP contribution in [0.1, 0.15) is 0 Å². The maximum Gasteiger partial charge on any atom is 0.401 e. The first-order chi connectivity index (χ1) is 5.73. The third kappa shape index (κ3) is 545. The average Bonchev–Trinajstić information content (AvgIpc) is 1.45. The lowest BCUT2D eigenvalue weighted by Gasteiger charge is -1.89. The molecule has 0 aromatic rings. The van der Waals surface area contributed by atoms with Crippen LogP contribution in [0.4, 0.5) is 13.2 Å². The first-order valence-electron chi connectivity index (χ1n) is 2.17. The van der Waals surface area contributed by atoms with Gasteiger partial charge in [-0.25, -0.2) is 0 Å². The molecule has 0 N–H and O–H groups in total. The molecule has 0 amide bonds. The van der Waals surface area contributed by atoms with E-state index in [4.69, 9.17) is 34.8 Å². The van der Waals surface area contributed by atoms with Gasteiger partial charge in [-0.05, 0) is 58.0 Å². The van der Waals surface area contributed by atoms with Gasteiger partial charge in [0.15, 0.2) is 4.30 Å². The Hall–Kier alpha value is 2.11. The third-order valence-electron chi connectivity index (χ3n) is 0.